The van der Waals surface area contributed by atoms with E-state index >= 15 is 0 Å². The molecule has 0 aliphatic heterocycles. The molecule has 0 radical (unpaired) electrons. The maximum absolute atomic E-state index is 13.7. The third kappa shape index (κ3) is 3.29. The van der Waals surface area contributed by atoms with Crippen molar-refractivity contribution >= 4 is 17.3 Å². The number of aliphatic hydroxyl groups is 1. The number of ether oxygens (including phenoxy) is 1. The first-order chi connectivity index (χ1) is 9.90. The normalized spacial score (nSPS) is 12.0. The molecule has 2 aromatic rings. The van der Waals surface area contributed by atoms with Crippen molar-refractivity contribution in [3.8, 4) is 11.5 Å². The van der Waals surface area contributed by atoms with Crippen LogP contribution in [0.25, 0.3) is 0 Å². The molecule has 1 atom stereocenters. The van der Waals surface area contributed by atoms with Crippen molar-refractivity contribution < 1.29 is 19.2 Å². The molecular weight excluding hydrogens is 301 g/mol. The Balaban J connectivity index is 2.50. The van der Waals surface area contributed by atoms with E-state index < -0.39 is 16.8 Å². The lowest BCUT2D eigenvalue weighted by Crippen LogP contribution is -2.01. The van der Waals surface area contributed by atoms with Crippen molar-refractivity contribution in [2.45, 2.75) is 13.0 Å². The highest BCUT2D eigenvalue weighted by Gasteiger charge is 2.20. The number of benzene rings is 2. The van der Waals surface area contributed by atoms with Crippen LogP contribution in [-0.4, -0.2) is 10.0 Å². The summed E-state index contributed by atoms with van der Waals surface area (Å²) in [6.07, 6.45) is -1.13. The summed E-state index contributed by atoms with van der Waals surface area (Å²) >= 11 is 5.80. The predicted molar refractivity (Wildman–Crippen MR) is 75.2 cm³/mol. The van der Waals surface area contributed by atoms with Gasteiger partial charge in [-0.25, -0.2) is 4.39 Å². The predicted octanol–water partition coefficient (Wildman–Crippen LogP) is 4.23. The lowest BCUT2D eigenvalue weighted by Gasteiger charge is -2.14. The fraction of sp³-hybridized carbons (Fsp3) is 0.143. The number of halogens is 2. The van der Waals surface area contributed by atoms with E-state index in [1.54, 1.807) is 0 Å². The summed E-state index contributed by atoms with van der Waals surface area (Å²) in [7, 11) is 0. The molecule has 0 aliphatic rings. The van der Waals surface area contributed by atoms with Gasteiger partial charge in [-0.3, -0.25) is 10.1 Å². The molecule has 2 aromatic carbocycles. The third-order valence-corrected chi connectivity index (χ3v) is 3.00. The number of hydrogen-bond acceptors (Lipinski definition) is 4. The fourth-order valence-electron chi connectivity index (χ4n) is 1.85. The van der Waals surface area contributed by atoms with E-state index in [-0.39, 0.29) is 27.8 Å². The van der Waals surface area contributed by atoms with Crippen LogP contribution in [0.5, 0.6) is 11.5 Å². The van der Waals surface area contributed by atoms with Crippen molar-refractivity contribution in [1.29, 1.82) is 0 Å². The average Bonchev–Trinajstić information content (AvgIpc) is 2.37. The first-order valence-corrected chi connectivity index (χ1v) is 6.36. The molecule has 5 nitrogen and oxygen atoms in total. The van der Waals surface area contributed by atoms with Crippen molar-refractivity contribution in [3.63, 3.8) is 0 Å². The van der Waals surface area contributed by atoms with Gasteiger partial charge < -0.3 is 9.84 Å². The molecule has 0 heterocycles. The maximum atomic E-state index is 13.7. The van der Waals surface area contributed by atoms with Gasteiger partial charge in [0.1, 0.15) is 11.6 Å². The Morgan fingerprint density at radius 2 is 2.05 bits per heavy atom. The molecular formula is C14H11ClFNO4. The molecule has 0 bridgehead atoms. The molecule has 0 spiro atoms. The van der Waals surface area contributed by atoms with Crippen LogP contribution in [0.4, 0.5) is 10.1 Å². The number of hydrogen-bond donors (Lipinski definition) is 1. The zero-order chi connectivity index (χ0) is 15.6. The molecule has 21 heavy (non-hydrogen) atoms. The maximum Gasteiger partial charge on any atom is 0.311 e. The first kappa shape index (κ1) is 15.2. The minimum Gasteiger partial charge on any atom is -0.450 e. The van der Waals surface area contributed by atoms with Gasteiger partial charge >= 0.3 is 5.69 Å². The van der Waals surface area contributed by atoms with Crippen LogP contribution in [0.1, 0.15) is 18.6 Å². The first-order valence-electron chi connectivity index (χ1n) is 5.98. The van der Waals surface area contributed by atoms with E-state index in [1.165, 1.54) is 43.3 Å². The molecule has 0 aromatic heterocycles. The summed E-state index contributed by atoms with van der Waals surface area (Å²) in [4.78, 5) is 10.3. The van der Waals surface area contributed by atoms with E-state index in [0.717, 1.165) is 0 Å². The van der Waals surface area contributed by atoms with Crippen LogP contribution >= 0.6 is 11.6 Å². The molecule has 0 unspecified atom stereocenters. The minimum absolute atomic E-state index is 0.00429. The van der Waals surface area contributed by atoms with Gasteiger partial charge in [0.15, 0.2) is 0 Å². The zero-order valence-corrected chi connectivity index (χ0v) is 11.7. The topological polar surface area (TPSA) is 72.6 Å². The van der Waals surface area contributed by atoms with Crippen LogP contribution in [-0.2, 0) is 0 Å². The van der Waals surface area contributed by atoms with Crippen LogP contribution in [0.3, 0.4) is 0 Å². The molecule has 0 amide bonds. The monoisotopic (exact) mass is 311 g/mol. The van der Waals surface area contributed by atoms with Gasteiger partial charge in [-0.05, 0) is 25.1 Å². The van der Waals surface area contributed by atoms with Crippen LogP contribution < -0.4 is 4.74 Å². The summed E-state index contributed by atoms with van der Waals surface area (Å²) in [6, 6.07) is 7.77. The molecule has 0 aliphatic carbocycles. The summed E-state index contributed by atoms with van der Waals surface area (Å²) in [6.45, 7) is 1.37. The summed E-state index contributed by atoms with van der Waals surface area (Å²) in [5, 5.41) is 20.8. The molecule has 0 fully saturated rings. The van der Waals surface area contributed by atoms with E-state index in [4.69, 9.17) is 16.3 Å². The lowest BCUT2D eigenvalue weighted by atomic mass is 10.1. The fourth-order valence-corrected chi connectivity index (χ4v) is 2.01. The summed E-state index contributed by atoms with van der Waals surface area (Å²) < 4.78 is 19.1. The van der Waals surface area contributed by atoms with Gasteiger partial charge in [-0.15, -0.1) is 0 Å². The highest BCUT2D eigenvalue weighted by Crippen LogP contribution is 2.37. The number of aliphatic hydroxyl groups excluding tert-OH is 1. The molecule has 0 saturated heterocycles. The second kappa shape index (κ2) is 6.07. The van der Waals surface area contributed by atoms with E-state index in [0.29, 0.717) is 0 Å². The quantitative estimate of drug-likeness (QED) is 0.677. The van der Waals surface area contributed by atoms with Crippen LogP contribution in [0, 0.1) is 15.9 Å². The summed E-state index contributed by atoms with van der Waals surface area (Å²) in [5.41, 5.74) is -0.382. The second-order valence-corrected chi connectivity index (χ2v) is 4.74. The van der Waals surface area contributed by atoms with Gasteiger partial charge in [0.05, 0.1) is 16.6 Å². The van der Waals surface area contributed by atoms with Gasteiger partial charge in [-0.2, -0.15) is 0 Å². The van der Waals surface area contributed by atoms with Crippen molar-refractivity contribution in [2.75, 3.05) is 0 Å². The van der Waals surface area contributed by atoms with E-state index in [2.05, 4.69) is 0 Å². The highest BCUT2D eigenvalue weighted by atomic mass is 35.5. The number of nitro groups is 1. The highest BCUT2D eigenvalue weighted by molar-refractivity contribution is 6.30. The molecule has 2 rings (SSSR count). The van der Waals surface area contributed by atoms with Crippen LogP contribution in [0.15, 0.2) is 36.4 Å². The van der Waals surface area contributed by atoms with Gasteiger partial charge in [0.25, 0.3) is 0 Å². The standard InChI is InChI=1S/C14H11ClFNO4/c1-8(18)14-10(16)3-2-4-12(14)21-13-7-9(15)5-6-11(13)17(19)20/h2-8,18H,1H3/t8-/m0/s1. The average molecular weight is 312 g/mol. The van der Waals surface area contributed by atoms with Gasteiger partial charge in [-0.1, -0.05) is 17.7 Å². The molecule has 0 saturated carbocycles. The van der Waals surface area contributed by atoms with E-state index in [9.17, 15) is 19.6 Å². The Labute approximate surface area is 124 Å². The largest absolute Gasteiger partial charge is 0.450 e. The lowest BCUT2D eigenvalue weighted by molar-refractivity contribution is -0.385. The Morgan fingerprint density at radius 1 is 1.33 bits per heavy atom. The third-order valence-electron chi connectivity index (χ3n) is 2.77. The van der Waals surface area contributed by atoms with Crippen molar-refractivity contribution in [2.24, 2.45) is 0 Å². The molecule has 7 heteroatoms. The molecule has 110 valence electrons. The van der Waals surface area contributed by atoms with E-state index in [1.807, 2.05) is 0 Å². The molecule has 1 N–H and O–H groups in total. The smallest absolute Gasteiger partial charge is 0.311 e. The Bertz CT molecular complexity index is 691. The van der Waals surface area contributed by atoms with Gasteiger partial charge in [0, 0.05) is 17.2 Å². The summed E-state index contributed by atoms with van der Waals surface area (Å²) in [5.74, 6) is -0.789. The number of rotatable bonds is 4. The Morgan fingerprint density at radius 3 is 2.67 bits per heavy atom. The SMILES string of the molecule is C[C@H](O)c1c(F)cccc1Oc1cc(Cl)ccc1[N+](=O)[O-]. The second-order valence-electron chi connectivity index (χ2n) is 4.30. The van der Waals surface area contributed by atoms with Gasteiger partial charge in [0.2, 0.25) is 5.75 Å². The number of nitrogens with zero attached hydrogens (tertiary/aromatic N) is 1. The van der Waals surface area contributed by atoms with Crippen LogP contribution in [0.2, 0.25) is 5.02 Å². The van der Waals surface area contributed by atoms with Crippen molar-refractivity contribution in [1.82, 2.24) is 0 Å². The Hall–Kier alpha value is -2.18. The number of nitro benzene ring substituents is 1. The zero-order valence-electron chi connectivity index (χ0n) is 10.9. The van der Waals surface area contributed by atoms with Crippen molar-refractivity contribution in [3.05, 3.63) is 62.9 Å². The Kier molecular flexibility index (Phi) is 4.40. The minimum atomic E-state index is -1.13.